The molecule has 0 amide bonds. The largest absolute Gasteiger partial charge is 0.396 e. The van der Waals surface area contributed by atoms with Gasteiger partial charge in [0, 0.05) is 25.2 Å². The van der Waals surface area contributed by atoms with E-state index in [0.717, 1.165) is 23.0 Å². The number of aliphatic hydroxyl groups is 1. The van der Waals surface area contributed by atoms with Gasteiger partial charge in [-0.3, -0.25) is 13.9 Å². The minimum Gasteiger partial charge on any atom is -0.396 e. The van der Waals surface area contributed by atoms with Gasteiger partial charge in [-0.25, -0.2) is 9.78 Å². The molecule has 0 unspecified atom stereocenters. The molecule has 1 aliphatic carbocycles. The maximum Gasteiger partial charge on any atom is 0.332 e. The van der Waals surface area contributed by atoms with Crippen molar-refractivity contribution in [1.29, 1.82) is 0 Å². The molecule has 0 radical (unpaired) electrons. The molecular formula is C23H25ClN4O4. The summed E-state index contributed by atoms with van der Waals surface area (Å²) in [5, 5.41) is 9.78. The molecule has 0 atom stereocenters. The minimum absolute atomic E-state index is 0.116. The molecule has 0 spiro atoms. The maximum absolute atomic E-state index is 13.3. The smallest absolute Gasteiger partial charge is 0.332 e. The number of aryl methyl sites for hydroxylation is 1. The van der Waals surface area contributed by atoms with Gasteiger partial charge >= 0.3 is 5.69 Å². The Hall–Kier alpha value is -2.86. The van der Waals surface area contributed by atoms with E-state index in [2.05, 4.69) is 16.8 Å². The highest BCUT2D eigenvalue weighted by atomic mass is 35.5. The molecule has 3 aromatic rings. The number of aliphatic hydroxyl groups excluding tert-OH is 1. The summed E-state index contributed by atoms with van der Waals surface area (Å²) < 4.78 is 9.92. The van der Waals surface area contributed by atoms with Gasteiger partial charge in [-0.1, -0.05) is 29.7 Å². The van der Waals surface area contributed by atoms with E-state index in [1.807, 2.05) is 12.1 Å². The second-order valence-electron chi connectivity index (χ2n) is 7.86. The lowest BCUT2D eigenvalue weighted by Crippen LogP contribution is -2.40. The molecule has 1 fully saturated rings. The van der Waals surface area contributed by atoms with E-state index in [1.165, 1.54) is 11.0 Å². The van der Waals surface area contributed by atoms with Crippen LogP contribution in [0.15, 0.2) is 33.9 Å². The number of hydrogen-bond acceptors (Lipinski definition) is 5. The molecular weight excluding hydrogens is 432 g/mol. The van der Waals surface area contributed by atoms with Gasteiger partial charge in [0.25, 0.3) is 5.56 Å². The lowest BCUT2D eigenvalue weighted by atomic mass is 9.96. The quantitative estimate of drug-likeness (QED) is 0.548. The van der Waals surface area contributed by atoms with Crippen molar-refractivity contribution in [3.8, 4) is 11.8 Å². The Balaban J connectivity index is 1.81. The maximum atomic E-state index is 13.3. The van der Waals surface area contributed by atoms with Crippen LogP contribution < -0.4 is 11.2 Å². The van der Waals surface area contributed by atoms with E-state index < -0.39 is 11.2 Å². The van der Waals surface area contributed by atoms with Gasteiger partial charge in [0.1, 0.15) is 6.61 Å². The third-order valence-electron chi connectivity index (χ3n) is 5.67. The number of halogens is 1. The highest BCUT2D eigenvalue weighted by Gasteiger charge is 2.20. The minimum atomic E-state index is -0.472. The number of hydrogen-bond donors (Lipinski definition) is 1. The van der Waals surface area contributed by atoms with Crippen molar-refractivity contribution in [1.82, 2.24) is 18.7 Å². The summed E-state index contributed by atoms with van der Waals surface area (Å²) in [6, 6.07) is 7.31. The van der Waals surface area contributed by atoms with E-state index in [9.17, 15) is 9.59 Å². The monoisotopic (exact) mass is 456 g/mol. The Labute approximate surface area is 190 Å². The van der Waals surface area contributed by atoms with Crippen LogP contribution in [-0.2, 0) is 24.9 Å². The molecule has 0 bridgehead atoms. The molecule has 4 rings (SSSR count). The average Bonchev–Trinajstić information content (AvgIpc) is 3.11. The van der Waals surface area contributed by atoms with Gasteiger partial charge in [0.05, 0.1) is 12.6 Å². The van der Waals surface area contributed by atoms with Crippen LogP contribution in [0.25, 0.3) is 11.2 Å². The predicted octanol–water partition coefficient (Wildman–Crippen LogP) is 1.90. The standard InChI is InChI=1S/C23H25ClN4O4/c1-26-21-20(22(30)27(23(26)31)12-4-13-29)28(15-16-8-10-17(24)11-9-16)19(25-21)7-3-14-32-18-5-2-6-18/h8-11,18,29H,2,4-6,12-15H2,1H3. The summed E-state index contributed by atoms with van der Waals surface area (Å²) in [4.78, 5) is 30.5. The van der Waals surface area contributed by atoms with Crippen LogP contribution in [0, 0.1) is 11.8 Å². The third-order valence-corrected chi connectivity index (χ3v) is 5.92. The average molecular weight is 457 g/mol. The molecule has 32 heavy (non-hydrogen) atoms. The van der Waals surface area contributed by atoms with Crippen LogP contribution in [0.2, 0.25) is 5.02 Å². The number of rotatable bonds is 7. The van der Waals surface area contributed by atoms with Crippen molar-refractivity contribution < 1.29 is 9.84 Å². The first kappa shape index (κ1) is 22.3. The van der Waals surface area contributed by atoms with Crippen LogP contribution in [0.5, 0.6) is 0 Å². The zero-order valence-electron chi connectivity index (χ0n) is 17.9. The number of imidazole rings is 1. The Morgan fingerprint density at radius 2 is 1.97 bits per heavy atom. The number of ether oxygens (including phenoxy) is 1. The van der Waals surface area contributed by atoms with Crippen LogP contribution in [-0.4, -0.2) is 43.1 Å². The molecule has 1 aliphatic rings. The van der Waals surface area contributed by atoms with Gasteiger partial charge < -0.3 is 14.4 Å². The zero-order chi connectivity index (χ0) is 22.7. The summed E-state index contributed by atoms with van der Waals surface area (Å²) in [5.74, 6) is 6.40. The lowest BCUT2D eigenvalue weighted by Gasteiger charge is -2.24. The van der Waals surface area contributed by atoms with Gasteiger partial charge in [-0.05, 0) is 49.3 Å². The van der Waals surface area contributed by atoms with Crippen molar-refractivity contribution in [2.24, 2.45) is 7.05 Å². The third kappa shape index (κ3) is 4.51. The van der Waals surface area contributed by atoms with Crippen molar-refractivity contribution in [3.05, 3.63) is 61.5 Å². The number of fused-ring (bicyclic) bond motifs is 1. The molecule has 0 saturated heterocycles. The summed E-state index contributed by atoms with van der Waals surface area (Å²) in [7, 11) is 1.58. The fraction of sp³-hybridized carbons (Fsp3) is 0.435. The lowest BCUT2D eigenvalue weighted by molar-refractivity contribution is 0.0217. The second-order valence-corrected chi connectivity index (χ2v) is 8.30. The number of nitrogens with zero attached hydrogens (tertiary/aromatic N) is 4. The zero-order valence-corrected chi connectivity index (χ0v) is 18.6. The normalized spacial score (nSPS) is 13.7. The van der Waals surface area contributed by atoms with Gasteiger partial charge in [0.2, 0.25) is 0 Å². The summed E-state index contributed by atoms with van der Waals surface area (Å²) >= 11 is 6.01. The van der Waals surface area contributed by atoms with E-state index in [-0.39, 0.29) is 31.5 Å². The summed E-state index contributed by atoms with van der Waals surface area (Å²) in [6.07, 6.45) is 3.89. The Morgan fingerprint density at radius 3 is 2.62 bits per heavy atom. The van der Waals surface area contributed by atoms with Crippen molar-refractivity contribution in [2.45, 2.75) is 44.9 Å². The van der Waals surface area contributed by atoms with E-state index >= 15 is 0 Å². The highest BCUT2D eigenvalue weighted by molar-refractivity contribution is 6.30. The number of benzene rings is 1. The fourth-order valence-electron chi connectivity index (χ4n) is 3.63. The van der Waals surface area contributed by atoms with Crippen LogP contribution in [0.1, 0.15) is 37.1 Å². The fourth-order valence-corrected chi connectivity index (χ4v) is 3.76. The Bertz CT molecular complexity index is 1290. The van der Waals surface area contributed by atoms with Crippen LogP contribution >= 0.6 is 11.6 Å². The number of aromatic nitrogens is 4. The molecule has 9 heteroatoms. The second kappa shape index (κ2) is 9.74. The first-order valence-electron chi connectivity index (χ1n) is 10.7. The van der Waals surface area contributed by atoms with E-state index in [1.54, 1.807) is 23.7 Å². The van der Waals surface area contributed by atoms with Gasteiger partial charge in [-0.2, -0.15) is 0 Å². The highest BCUT2D eigenvalue weighted by Crippen LogP contribution is 2.21. The Kier molecular flexibility index (Phi) is 6.80. The first-order chi connectivity index (χ1) is 15.5. The molecule has 0 aliphatic heterocycles. The topological polar surface area (TPSA) is 91.3 Å². The molecule has 168 valence electrons. The van der Waals surface area contributed by atoms with Gasteiger partial charge in [-0.15, -0.1) is 0 Å². The van der Waals surface area contributed by atoms with Crippen molar-refractivity contribution in [2.75, 3.05) is 13.2 Å². The SMILES string of the molecule is Cn1c(=O)n(CCCO)c(=O)c2c1nc(C#CCOC1CCC1)n2Cc1ccc(Cl)cc1. The molecule has 2 aromatic heterocycles. The molecule has 8 nitrogen and oxygen atoms in total. The summed E-state index contributed by atoms with van der Waals surface area (Å²) in [5.41, 5.74) is 0.567. The predicted molar refractivity (Wildman–Crippen MR) is 122 cm³/mol. The van der Waals surface area contributed by atoms with E-state index in [4.69, 9.17) is 21.4 Å². The van der Waals surface area contributed by atoms with Crippen LogP contribution in [0.4, 0.5) is 0 Å². The summed E-state index contributed by atoms with van der Waals surface area (Å²) in [6.45, 7) is 0.638. The van der Waals surface area contributed by atoms with Gasteiger partial charge in [0.15, 0.2) is 17.0 Å². The molecule has 1 saturated carbocycles. The molecule has 2 heterocycles. The van der Waals surface area contributed by atoms with Crippen molar-refractivity contribution >= 4 is 22.8 Å². The van der Waals surface area contributed by atoms with Crippen molar-refractivity contribution in [3.63, 3.8) is 0 Å². The van der Waals surface area contributed by atoms with E-state index in [0.29, 0.717) is 29.3 Å². The first-order valence-corrected chi connectivity index (χ1v) is 11.0. The Morgan fingerprint density at radius 1 is 1.22 bits per heavy atom. The molecule has 1 aromatic carbocycles. The molecule has 1 N–H and O–H groups in total. The van der Waals surface area contributed by atoms with Crippen LogP contribution in [0.3, 0.4) is 0 Å².